The molecule has 1 aliphatic rings. The van der Waals surface area contributed by atoms with Crippen LogP contribution in [0, 0.1) is 0 Å². The summed E-state index contributed by atoms with van der Waals surface area (Å²) in [6.07, 6.45) is 4.33. The predicted octanol–water partition coefficient (Wildman–Crippen LogP) is 6.02. The molecule has 6 nitrogen and oxygen atoms in total. The van der Waals surface area contributed by atoms with E-state index in [-0.39, 0.29) is 11.3 Å². The Morgan fingerprint density at radius 2 is 1.76 bits per heavy atom. The SMILES string of the molecule is CC(C)(C)c1cc(C(=O)Nc2ccc(-c3onc4c3CCCC4)cc2)n(Cc2ccccc2)n1. The molecule has 174 valence electrons. The number of amides is 1. The highest BCUT2D eigenvalue weighted by atomic mass is 16.5. The van der Waals surface area contributed by atoms with Crippen LogP contribution in [0.4, 0.5) is 5.69 Å². The lowest BCUT2D eigenvalue weighted by molar-refractivity contribution is 0.101. The number of fused-ring (bicyclic) bond motifs is 1. The van der Waals surface area contributed by atoms with Crippen LogP contribution in [0.5, 0.6) is 0 Å². The molecule has 0 radical (unpaired) electrons. The van der Waals surface area contributed by atoms with Gasteiger partial charge in [-0.3, -0.25) is 9.48 Å². The molecule has 0 saturated carbocycles. The van der Waals surface area contributed by atoms with E-state index in [0.29, 0.717) is 12.2 Å². The maximum atomic E-state index is 13.3. The van der Waals surface area contributed by atoms with Crippen molar-refractivity contribution in [3.8, 4) is 11.3 Å². The summed E-state index contributed by atoms with van der Waals surface area (Å²) in [6, 6.07) is 19.7. The van der Waals surface area contributed by atoms with Crippen LogP contribution in [-0.2, 0) is 24.8 Å². The van der Waals surface area contributed by atoms with Gasteiger partial charge in [0, 0.05) is 22.2 Å². The number of carbonyl (C=O) groups is 1. The van der Waals surface area contributed by atoms with Gasteiger partial charge in [-0.05, 0) is 61.6 Å². The fraction of sp³-hybridized carbons (Fsp3) is 0.321. The minimum atomic E-state index is -0.177. The third-order valence-corrected chi connectivity index (χ3v) is 6.32. The minimum Gasteiger partial charge on any atom is -0.356 e. The van der Waals surface area contributed by atoms with Gasteiger partial charge in [-0.2, -0.15) is 5.10 Å². The Kier molecular flexibility index (Phi) is 5.82. The third-order valence-electron chi connectivity index (χ3n) is 6.32. The maximum absolute atomic E-state index is 13.3. The molecular formula is C28H30N4O2. The molecule has 0 saturated heterocycles. The molecule has 1 N–H and O–H groups in total. The Bertz CT molecular complexity index is 1290. The van der Waals surface area contributed by atoms with Crippen molar-refractivity contribution in [3.63, 3.8) is 0 Å². The van der Waals surface area contributed by atoms with E-state index in [4.69, 9.17) is 9.62 Å². The molecule has 0 spiro atoms. The quantitative estimate of drug-likeness (QED) is 0.400. The maximum Gasteiger partial charge on any atom is 0.273 e. The zero-order valence-corrected chi connectivity index (χ0v) is 20.0. The van der Waals surface area contributed by atoms with E-state index in [0.717, 1.165) is 46.8 Å². The smallest absolute Gasteiger partial charge is 0.273 e. The minimum absolute atomic E-state index is 0.158. The van der Waals surface area contributed by atoms with Gasteiger partial charge < -0.3 is 9.84 Å². The van der Waals surface area contributed by atoms with Crippen molar-refractivity contribution in [2.75, 3.05) is 5.32 Å². The highest BCUT2D eigenvalue weighted by Gasteiger charge is 2.24. The van der Waals surface area contributed by atoms with Gasteiger partial charge in [0.1, 0.15) is 5.69 Å². The standard InChI is InChI=1S/C28H30N4O2/c1-28(2,3)25-17-24(32(30-25)18-19-9-5-4-6-10-19)27(33)29-21-15-13-20(14-16-21)26-22-11-7-8-12-23(22)31-34-26/h4-6,9-10,13-17H,7-8,11-12,18H2,1-3H3,(H,29,33). The molecule has 0 unspecified atom stereocenters. The number of hydrogen-bond donors (Lipinski definition) is 1. The molecule has 0 aliphatic heterocycles. The molecule has 5 rings (SSSR count). The number of aromatic nitrogens is 3. The lowest BCUT2D eigenvalue weighted by atomic mass is 9.92. The van der Waals surface area contributed by atoms with E-state index in [1.807, 2.05) is 60.7 Å². The van der Waals surface area contributed by atoms with Crippen LogP contribution in [0.2, 0.25) is 0 Å². The summed E-state index contributed by atoms with van der Waals surface area (Å²) in [6.45, 7) is 6.84. The van der Waals surface area contributed by atoms with E-state index >= 15 is 0 Å². The molecule has 0 atom stereocenters. The topological polar surface area (TPSA) is 73.0 Å². The van der Waals surface area contributed by atoms with Gasteiger partial charge in [0.15, 0.2) is 5.76 Å². The van der Waals surface area contributed by atoms with Gasteiger partial charge in [0.25, 0.3) is 5.91 Å². The van der Waals surface area contributed by atoms with Crippen LogP contribution in [0.3, 0.4) is 0 Å². The molecule has 2 aromatic heterocycles. The Balaban J connectivity index is 1.37. The van der Waals surface area contributed by atoms with Crippen LogP contribution in [0.25, 0.3) is 11.3 Å². The highest BCUT2D eigenvalue weighted by Crippen LogP contribution is 2.32. The number of anilines is 1. The Hall–Kier alpha value is -3.67. The number of rotatable bonds is 5. The predicted molar refractivity (Wildman–Crippen MR) is 133 cm³/mol. The molecule has 4 aromatic rings. The molecule has 2 heterocycles. The zero-order chi connectivity index (χ0) is 23.7. The summed E-state index contributed by atoms with van der Waals surface area (Å²) < 4.78 is 7.44. The van der Waals surface area contributed by atoms with Gasteiger partial charge in [-0.15, -0.1) is 0 Å². The molecule has 6 heteroatoms. The zero-order valence-electron chi connectivity index (χ0n) is 20.0. The largest absolute Gasteiger partial charge is 0.356 e. The van der Waals surface area contributed by atoms with Gasteiger partial charge in [-0.1, -0.05) is 56.3 Å². The van der Waals surface area contributed by atoms with Crippen molar-refractivity contribution in [1.82, 2.24) is 14.9 Å². The summed E-state index contributed by atoms with van der Waals surface area (Å²) in [5, 5.41) is 12.1. The Morgan fingerprint density at radius 3 is 2.50 bits per heavy atom. The van der Waals surface area contributed by atoms with Gasteiger partial charge >= 0.3 is 0 Å². The first-order valence-corrected chi connectivity index (χ1v) is 11.9. The summed E-state index contributed by atoms with van der Waals surface area (Å²) in [4.78, 5) is 13.3. The lowest BCUT2D eigenvalue weighted by Gasteiger charge is -2.14. The number of aryl methyl sites for hydroxylation is 1. The first-order valence-electron chi connectivity index (χ1n) is 11.9. The van der Waals surface area contributed by atoms with Crippen molar-refractivity contribution in [2.24, 2.45) is 0 Å². The van der Waals surface area contributed by atoms with Crippen LogP contribution >= 0.6 is 0 Å². The van der Waals surface area contributed by atoms with E-state index in [1.165, 1.54) is 18.4 Å². The molecule has 2 aromatic carbocycles. The van der Waals surface area contributed by atoms with Crippen molar-refractivity contribution in [3.05, 3.63) is 88.9 Å². The second kappa shape index (κ2) is 8.93. The van der Waals surface area contributed by atoms with E-state index in [2.05, 4.69) is 31.2 Å². The average Bonchev–Trinajstić information content (AvgIpc) is 3.45. The average molecular weight is 455 g/mol. The number of hydrogen-bond acceptors (Lipinski definition) is 4. The normalized spacial score (nSPS) is 13.5. The summed E-state index contributed by atoms with van der Waals surface area (Å²) in [5.74, 6) is 0.673. The molecular weight excluding hydrogens is 424 g/mol. The van der Waals surface area contributed by atoms with Crippen molar-refractivity contribution < 1.29 is 9.32 Å². The highest BCUT2D eigenvalue weighted by molar-refractivity contribution is 6.03. The number of carbonyl (C=O) groups excluding carboxylic acids is 1. The second-order valence-electron chi connectivity index (χ2n) is 9.98. The summed E-state index contributed by atoms with van der Waals surface area (Å²) in [5.41, 5.74) is 6.39. The molecule has 34 heavy (non-hydrogen) atoms. The monoisotopic (exact) mass is 454 g/mol. The number of nitrogens with one attached hydrogen (secondary N) is 1. The molecule has 1 aliphatic carbocycles. The fourth-order valence-electron chi connectivity index (χ4n) is 4.36. The fourth-order valence-corrected chi connectivity index (χ4v) is 4.36. The number of nitrogens with zero attached hydrogens (tertiary/aromatic N) is 3. The van der Waals surface area contributed by atoms with Crippen molar-refractivity contribution in [2.45, 2.75) is 58.4 Å². The number of benzene rings is 2. The van der Waals surface area contributed by atoms with E-state index in [1.54, 1.807) is 4.68 Å². The Morgan fingerprint density at radius 1 is 1.03 bits per heavy atom. The lowest BCUT2D eigenvalue weighted by Crippen LogP contribution is -2.18. The van der Waals surface area contributed by atoms with E-state index < -0.39 is 0 Å². The van der Waals surface area contributed by atoms with Crippen molar-refractivity contribution >= 4 is 11.6 Å². The molecule has 0 fully saturated rings. The van der Waals surface area contributed by atoms with Crippen LogP contribution < -0.4 is 5.32 Å². The summed E-state index contributed by atoms with van der Waals surface area (Å²) in [7, 11) is 0. The van der Waals surface area contributed by atoms with Crippen molar-refractivity contribution in [1.29, 1.82) is 0 Å². The first kappa shape index (κ1) is 22.1. The Labute approximate surface area is 200 Å². The molecule has 0 bridgehead atoms. The van der Waals surface area contributed by atoms with Gasteiger partial charge in [0.2, 0.25) is 0 Å². The molecule has 1 amide bonds. The summed E-state index contributed by atoms with van der Waals surface area (Å²) >= 11 is 0. The van der Waals surface area contributed by atoms with Gasteiger partial charge in [0.05, 0.1) is 17.9 Å². The first-order chi connectivity index (χ1) is 16.4. The van der Waals surface area contributed by atoms with Crippen LogP contribution in [0.15, 0.2) is 65.2 Å². The van der Waals surface area contributed by atoms with E-state index in [9.17, 15) is 4.79 Å². The van der Waals surface area contributed by atoms with Crippen LogP contribution in [-0.4, -0.2) is 20.8 Å². The third kappa shape index (κ3) is 4.53. The second-order valence-corrected chi connectivity index (χ2v) is 9.98. The van der Waals surface area contributed by atoms with Gasteiger partial charge in [-0.25, -0.2) is 0 Å². The van der Waals surface area contributed by atoms with Crippen LogP contribution in [0.1, 0.15) is 66.6 Å².